The predicted molar refractivity (Wildman–Crippen MR) is 80.0 cm³/mol. The van der Waals surface area contributed by atoms with E-state index in [0.717, 1.165) is 25.0 Å². The van der Waals surface area contributed by atoms with Crippen LogP contribution in [0.4, 0.5) is 0 Å². The molecule has 1 saturated carbocycles. The van der Waals surface area contributed by atoms with Crippen molar-refractivity contribution in [3.63, 3.8) is 0 Å². The van der Waals surface area contributed by atoms with E-state index in [1.807, 2.05) is 18.7 Å². The molecule has 3 heteroatoms. The summed E-state index contributed by atoms with van der Waals surface area (Å²) in [6.45, 7) is 9.26. The van der Waals surface area contributed by atoms with Crippen LogP contribution >= 0.6 is 0 Å². The van der Waals surface area contributed by atoms with Crippen molar-refractivity contribution in [2.24, 2.45) is 11.3 Å². The van der Waals surface area contributed by atoms with Crippen molar-refractivity contribution in [3.8, 4) is 0 Å². The van der Waals surface area contributed by atoms with Gasteiger partial charge in [-0.15, -0.1) is 0 Å². The molecular weight excluding hydrogens is 234 g/mol. The molecule has 1 N–H and O–H groups in total. The zero-order valence-corrected chi connectivity index (χ0v) is 12.7. The number of hydrogen-bond acceptors (Lipinski definition) is 2. The van der Waals surface area contributed by atoms with E-state index >= 15 is 0 Å². The Morgan fingerprint density at radius 3 is 2.74 bits per heavy atom. The van der Waals surface area contributed by atoms with Gasteiger partial charge in [0.1, 0.15) is 0 Å². The first-order valence-corrected chi connectivity index (χ1v) is 7.75. The fraction of sp³-hybridized carbons (Fsp3) is 0.812. The summed E-state index contributed by atoms with van der Waals surface area (Å²) >= 11 is 0. The molecule has 0 saturated heterocycles. The van der Waals surface area contributed by atoms with E-state index in [1.165, 1.54) is 32.1 Å². The van der Waals surface area contributed by atoms with Crippen molar-refractivity contribution in [2.75, 3.05) is 6.54 Å². The minimum atomic E-state index is 0.478. The lowest BCUT2D eigenvalue weighted by molar-refractivity contribution is 0.213. The number of nitrogens with zero attached hydrogens (tertiary/aromatic N) is 2. The van der Waals surface area contributed by atoms with Gasteiger partial charge in [-0.3, -0.25) is 0 Å². The maximum atomic E-state index is 4.07. The number of aromatic nitrogens is 2. The molecule has 19 heavy (non-hydrogen) atoms. The molecule has 0 aromatic carbocycles. The molecule has 0 bridgehead atoms. The van der Waals surface area contributed by atoms with Crippen LogP contribution in [-0.4, -0.2) is 22.1 Å². The van der Waals surface area contributed by atoms with E-state index in [9.17, 15) is 0 Å². The number of imidazole rings is 1. The summed E-state index contributed by atoms with van der Waals surface area (Å²) in [6, 6.07) is 0.718. The lowest BCUT2D eigenvalue weighted by atomic mass is 9.76. The fourth-order valence-corrected chi connectivity index (χ4v) is 3.19. The Hall–Kier alpha value is -0.830. The van der Waals surface area contributed by atoms with E-state index in [0.29, 0.717) is 5.41 Å². The molecule has 2 rings (SSSR count). The Kier molecular flexibility index (Phi) is 5.03. The van der Waals surface area contributed by atoms with Gasteiger partial charge in [0.25, 0.3) is 0 Å². The molecule has 1 aliphatic carbocycles. The van der Waals surface area contributed by atoms with Gasteiger partial charge in [-0.2, -0.15) is 0 Å². The van der Waals surface area contributed by atoms with E-state index in [2.05, 4.69) is 35.6 Å². The average Bonchev–Trinajstić information content (AvgIpc) is 2.72. The van der Waals surface area contributed by atoms with Crippen molar-refractivity contribution < 1.29 is 0 Å². The number of rotatable bonds is 4. The largest absolute Gasteiger partial charge is 0.336 e. The molecule has 1 aromatic heterocycles. The van der Waals surface area contributed by atoms with Crippen LogP contribution in [0.2, 0.25) is 0 Å². The van der Waals surface area contributed by atoms with Crippen LogP contribution in [0.5, 0.6) is 0 Å². The molecule has 1 fully saturated rings. The molecule has 0 spiro atoms. The van der Waals surface area contributed by atoms with E-state index < -0.39 is 0 Å². The summed E-state index contributed by atoms with van der Waals surface area (Å²) in [5.74, 6) is 0.896. The quantitative estimate of drug-likeness (QED) is 0.843. The van der Waals surface area contributed by atoms with Gasteiger partial charge in [0.15, 0.2) is 0 Å². The molecule has 3 nitrogen and oxygen atoms in total. The molecule has 1 heterocycles. The van der Waals surface area contributed by atoms with Crippen molar-refractivity contribution >= 4 is 0 Å². The second-order valence-electron chi connectivity index (χ2n) is 7.02. The first kappa shape index (κ1) is 14.6. The highest BCUT2D eigenvalue weighted by Gasteiger charge is 2.27. The fourth-order valence-electron chi connectivity index (χ4n) is 3.19. The SMILES string of the molecule is CC(C)(C)C1CCCC(NCCn2ccnc2)CC1. The standard InChI is InChI=1S/C16H29N3/c1-16(2,3)14-5-4-6-15(8-7-14)18-10-12-19-11-9-17-13-19/h9,11,13-15,18H,4-8,10,12H2,1-3H3. The van der Waals surface area contributed by atoms with Crippen LogP contribution in [0.25, 0.3) is 0 Å². The van der Waals surface area contributed by atoms with Crippen molar-refractivity contribution in [1.82, 2.24) is 14.9 Å². The van der Waals surface area contributed by atoms with Crippen LogP contribution in [0.1, 0.15) is 52.9 Å². The lowest BCUT2D eigenvalue weighted by Gasteiger charge is -2.29. The topological polar surface area (TPSA) is 29.9 Å². The third-order valence-corrected chi connectivity index (χ3v) is 4.56. The molecule has 0 radical (unpaired) electrons. The van der Waals surface area contributed by atoms with E-state index in [4.69, 9.17) is 0 Å². The van der Waals surface area contributed by atoms with Crippen LogP contribution in [0.15, 0.2) is 18.7 Å². The van der Waals surface area contributed by atoms with Crippen molar-refractivity contribution in [1.29, 1.82) is 0 Å². The summed E-state index contributed by atoms with van der Waals surface area (Å²) in [7, 11) is 0. The summed E-state index contributed by atoms with van der Waals surface area (Å²) in [4.78, 5) is 4.07. The highest BCUT2D eigenvalue weighted by atomic mass is 15.0. The van der Waals surface area contributed by atoms with E-state index in [1.54, 1.807) is 0 Å². The maximum absolute atomic E-state index is 4.07. The lowest BCUT2D eigenvalue weighted by Crippen LogP contribution is -2.31. The molecule has 0 aliphatic heterocycles. The van der Waals surface area contributed by atoms with E-state index in [-0.39, 0.29) is 0 Å². The molecule has 1 aromatic rings. The minimum absolute atomic E-state index is 0.478. The highest BCUT2D eigenvalue weighted by Crippen LogP contribution is 2.36. The average molecular weight is 263 g/mol. The van der Waals surface area contributed by atoms with Gasteiger partial charge in [-0.05, 0) is 37.0 Å². The van der Waals surface area contributed by atoms with Crippen molar-refractivity contribution in [3.05, 3.63) is 18.7 Å². The Labute approximate surface area is 117 Å². The summed E-state index contributed by atoms with van der Waals surface area (Å²) in [5.41, 5.74) is 0.478. The molecule has 0 amide bonds. The minimum Gasteiger partial charge on any atom is -0.336 e. The normalized spacial score (nSPS) is 25.2. The van der Waals surface area contributed by atoms with Gasteiger partial charge < -0.3 is 9.88 Å². The predicted octanol–water partition coefficient (Wildman–Crippen LogP) is 3.47. The summed E-state index contributed by atoms with van der Waals surface area (Å²) < 4.78 is 2.14. The molecule has 2 unspecified atom stereocenters. The Morgan fingerprint density at radius 2 is 2.05 bits per heavy atom. The first-order chi connectivity index (χ1) is 9.05. The third kappa shape index (κ3) is 4.64. The molecule has 108 valence electrons. The Morgan fingerprint density at radius 1 is 1.21 bits per heavy atom. The molecular formula is C16H29N3. The van der Waals surface area contributed by atoms with Gasteiger partial charge in [-0.25, -0.2) is 4.98 Å². The van der Waals surface area contributed by atoms with Gasteiger partial charge >= 0.3 is 0 Å². The zero-order chi connectivity index (χ0) is 13.7. The van der Waals surface area contributed by atoms with Crippen molar-refractivity contribution in [2.45, 2.75) is 65.5 Å². The third-order valence-electron chi connectivity index (χ3n) is 4.56. The Balaban J connectivity index is 1.71. The van der Waals surface area contributed by atoms with Gasteiger partial charge in [-0.1, -0.05) is 27.2 Å². The van der Waals surface area contributed by atoms with Gasteiger partial charge in [0.2, 0.25) is 0 Å². The molecule has 1 aliphatic rings. The van der Waals surface area contributed by atoms with Crippen LogP contribution < -0.4 is 5.32 Å². The zero-order valence-electron chi connectivity index (χ0n) is 12.7. The monoisotopic (exact) mass is 263 g/mol. The first-order valence-electron chi connectivity index (χ1n) is 7.75. The van der Waals surface area contributed by atoms with Crippen LogP contribution in [0, 0.1) is 11.3 Å². The van der Waals surface area contributed by atoms with Crippen LogP contribution in [0.3, 0.4) is 0 Å². The second-order valence-corrected chi connectivity index (χ2v) is 7.02. The maximum Gasteiger partial charge on any atom is 0.0946 e. The molecule has 2 atom stereocenters. The second kappa shape index (κ2) is 6.56. The Bertz CT molecular complexity index is 351. The number of nitrogens with one attached hydrogen (secondary N) is 1. The van der Waals surface area contributed by atoms with Crippen LogP contribution in [-0.2, 0) is 6.54 Å². The highest BCUT2D eigenvalue weighted by molar-refractivity contribution is 4.81. The smallest absolute Gasteiger partial charge is 0.0946 e. The number of hydrogen-bond donors (Lipinski definition) is 1. The summed E-state index contributed by atoms with van der Waals surface area (Å²) in [5, 5.41) is 3.72. The van der Waals surface area contributed by atoms with Gasteiger partial charge in [0, 0.05) is 31.5 Å². The van der Waals surface area contributed by atoms with Gasteiger partial charge in [0.05, 0.1) is 6.33 Å². The summed E-state index contributed by atoms with van der Waals surface area (Å²) in [6.07, 6.45) is 12.6.